The van der Waals surface area contributed by atoms with Crippen LogP contribution in [0.25, 0.3) is 0 Å². The van der Waals surface area contributed by atoms with Crippen LogP contribution in [0.3, 0.4) is 0 Å². The van der Waals surface area contributed by atoms with Crippen LogP contribution >= 0.6 is 0 Å². The predicted molar refractivity (Wildman–Crippen MR) is 193 cm³/mol. The molecule has 0 aliphatic carbocycles. The Hall–Kier alpha value is -3.40. The average Bonchev–Trinajstić information content (AvgIpc) is 3.90. The van der Waals surface area contributed by atoms with E-state index in [4.69, 9.17) is 23.7 Å². The van der Waals surface area contributed by atoms with Crippen LogP contribution in [0.15, 0.2) is 0 Å². The fourth-order valence-electron chi connectivity index (χ4n) is 6.84. The van der Waals surface area contributed by atoms with Crippen molar-refractivity contribution in [1.82, 2.24) is 51.8 Å². The Morgan fingerprint density at radius 2 is 1.07 bits per heavy atom. The normalized spacial score (nSPS) is 24.7. The molecule has 5 N–H and O–H groups in total. The predicted octanol–water partition coefficient (Wildman–Crippen LogP) is -5.02. The van der Waals surface area contributed by atoms with E-state index >= 15 is 0 Å². The molecule has 0 aromatic carbocycles. The van der Waals surface area contributed by atoms with E-state index in [-0.39, 0.29) is 74.7 Å². The van der Waals surface area contributed by atoms with Gasteiger partial charge in [0.15, 0.2) is 0 Å². The summed E-state index contributed by atoms with van der Waals surface area (Å²) in [7, 11) is -9.97. The van der Waals surface area contributed by atoms with Crippen molar-refractivity contribution in [3.8, 4) is 0 Å². The summed E-state index contributed by atoms with van der Waals surface area (Å²) in [6.45, 7) is 10.9. The fourth-order valence-corrected chi connectivity index (χ4v) is 7.61. The molecule has 0 saturated carbocycles. The van der Waals surface area contributed by atoms with E-state index in [9.17, 15) is 50.2 Å². The molecule has 0 aromatic rings. The quantitative estimate of drug-likeness (QED) is 0.0593. The Labute approximate surface area is 373 Å². The average molecular weight is 925 g/mol. The number of ether oxygens (including phenoxy) is 2. The Morgan fingerprint density at radius 3 is 1.44 bits per heavy atom. The monoisotopic (exact) mass is 924 g/mol. The first-order valence-corrected chi connectivity index (χ1v) is 21.3. The number of urea groups is 2. The number of carbonyl (C=O) groups is 6. The third-order valence-electron chi connectivity index (χ3n) is 9.29. The number of amides is 8. The molecule has 8 amide bonds. The summed E-state index contributed by atoms with van der Waals surface area (Å²) < 4.78 is 82.3. The van der Waals surface area contributed by atoms with E-state index < -0.39 is 98.3 Å². The summed E-state index contributed by atoms with van der Waals surface area (Å²) in [4.78, 5) is 88.0. The maximum absolute atomic E-state index is 12.8. The van der Waals surface area contributed by atoms with E-state index in [0.717, 1.165) is 14.9 Å². The molecule has 0 unspecified atom stereocenters. The van der Waals surface area contributed by atoms with Crippen molar-refractivity contribution in [2.75, 3.05) is 39.3 Å². The van der Waals surface area contributed by atoms with Gasteiger partial charge >= 0.3 is 64.2 Å². The molecule has 340 valence electrons. The van der Waals surface area contributed by atoms with Crippen LogP contribution in [0.4, 0.5) is 19.2 Å². The van der Waals surface area contributed by atoms with Crippen molar-refractivity contribution in [2.24, 2.45) is 0 Å². The van der Waals surface area contributed by atoms with Crippen LogP contribution in [-0.4, -0.2) is 179 Å². The molecular formula is C30H49N10NaO18S2. The van der Waals surface area contributed by atoms with Gasteiger partial charge in [-0.1, -0.05) is 0 Å². The molecule has 0 radical (unpaired) electrons. The first-order valence-electron chi connectivity index (χ1n) is 18.6. The minimum absolute atomic E-state index is 0. The molecule has 6 heterocycles. The van der Waals surface area contributed by atoms with E-state index in [2.05, 4.69) is 30.4 Å². The van der Waals surface area contributed by atoms with Gasteiger partial charge in [-0.25, -0.2) is 48.6 Å². The number of piperidine rings is 2. The summed E-state index contributed by atoms with van der Waals surface area (Å²) in [5.41, 5.74) is 8.57. The zero-order chi connectivity index (χ0) is 44.5. The second-order valence-corrected chi connectivity index (χ2v) is 18.3. The van der Waals surface area contributed by atoms with Gasteiger partial charge in [0.05, 0.1) is 25.2 Å². The van der Waals surface area contributed by atoms with Crippen LogP contribution < -0.4 is 51.4 Å². The van der Waals surface area contributed by atoms with E-state index in [0.29, 0.717) is 36.1 Å². The van der Waals surface area contributed by atoms with Gasteiger partial charge in [0, 0.05) is 26.2 Å². The molecule has 4 bridgehead atoms. The van der Waals surface area contributed by atoms with Crippen molar-refractivity contribution in [3.05, 3.63) is 0 Å². The topological polar surface area (TPSA) is 337 Å². The summed E-state index contributed by atoms with van der Waals surface area (Å²) in [5.74, 6) is -1.20. The Balaban J connectivity index is 0.000000292. The molecular weight excluding hydrogens is 876 g/mol. The van der Waals surface area contributed by atoms with Crippen molar-refractivity contribution in [3.63, 3.8) is 0 Å². The third kappa shape index (κ3) is 13.5. The first-order chi connectivity index (χ1) is 27.7. The molecule has 31 heteroatoms. The Morgan fingerprint density at radius 1 is 0.672 bits per heavy atom. The minimum atomic E-state index is -5.05. The summed E-state index contributed by atoms with van der Waals surface area (Å²) in [6.07, 6.45) is -1.64. The van der Waals surface area contributed by atoms with Crippen LogP contribution in [0.2, 0.25) is 0 Å². The summed E-state index contributed by atoms with van der Waals surface area (Å²) in [5, 5.41) is 3.10. The molecule has 4 atom stereocenters. The fraction of sp³-hybridized carbons (Fsp3) is 0.800. The zero-order valence-electron chi connectivity index (χ0n) is 34.4. The Kier molecular flexibility index (Phi) is 16.1. The van der Waals surface area contributed by atoms with Crippen molar-refractivity contribution >= 4 is 56.9 Å². The molecule has 6 fully saturated rings. The number of hydroxylamine groups is 6. The zero-order valence-corrected chi connectivity index (χ0v) is 38.1. The van der Waals surface area contributed by atoms with Gasteiger partial charge in [-0.3, -0.25) is 34.7 Å². The summed E-state index contributed by atoms with van der Waals surface area (Å²) in [6, 6.07) is -4.74. The van der Waals surface area contributed by atoms with E-state index in [1.165, 1.54) is 4.90 Å². The molecule has 6 aliphatic heterocycles. The van der Waals surface area contributed by atoms with E-state index in [1.54, 1.807) is 41.5 Å². The molecule has 6 aliphatic rings. The molecule has 28 nitrogen and oxygen atoms in total. The number of nitrogens with one attached hydrogen (secondary N) is 4. The number of hydrazine groups is 2. The second kappa shape index (κ2) is 19.6. The van der Waals surface area contributed by atoms with Crippen LogP contribution in [-0.2, 0) is 58.1 Å². The molecule has 6 saturated heterocycles. The number of nitrogens with zero attached hydrogens (tertiary/aromatic N) is 6. The Bertz CT molecular complexity index is 1860. The third-order valence-corrected chi connectivity index (χ3v) is 9.98. The summed E-state index contributed by atoms with van der Waals surface area (Å²) >= 11 is 0. The minimum Gasteiger partial charge on any atom is -0.724 e. The second-order valence-electron chi connectivity index (χ2n) is 16.3. The molecule has 0 aromatic heterocycles. The van der Waals surface area contributed by atoms with Crippen molar-refractivity contribution in [1.29, 1.82) is 0 Å². The SMILES string of the molecule is CC(C)(C)OC(=O)N1CC(ONC(=O)[C@@H]2CC[C@@H]3CN2C(=O)N3OS(=O)(=O)O)CN1C(=O)OC(C)(C)C.O=C(NOC1CNNC1)[C@@H]1CC[C@@H]2CN1C(=O)N2OS(=O)(=O)[O-].[Na+]. The number of rotatable bonds is 10. The molecule has 0 spiro atoms. The van der Waals surface area contributed by atoms with Gasteiger partial charge in [-0.15, -0.1) is 4.28 Å². The van der Waals surface area contributed by atoms with Gasteiger partial charge in [0.25, 0.3) is 11.8 Å². The van der Waals surface area contributed by atoms with Crippen molar-refractivity contribution < 1.29 is 112 Å². The van der Waals surface area contributed by atoms with Gasteiger partial charge in [0.1, 0.15) is 35.5 Å². The molecule has 6 rings (SSSR count). The number of carbonyl (C=O) groups excluding carboxylic acids is 6. The standard InChI is InChI=1S/C20H33N5O11S.C10H17N5O7S.Na/c1-19(2,3)33-17(28)23-10-13(11-24(23)18(29)34-20(4,5)6)35-21-15(26)14-8-7-12-9-22(14)16(27)25(12)36-37(30,31)32;16-9(13-21-7-3-11-12-4-7)8-2-1-6-5-14(8)10(17)15(6)22-23(18,19)20;/h12-14H,7-11H2,1-6H3,(H,21,26)(H,30,31,32);6-8,11-12H,1-5H2,(H,13,16)(H,18,19,20);/q;;+1/p-1/t12-,14+;6-,8+;/m11./s1. The number of hydrogen-bond donors (Lipinski definition) is 5. The van der Waals surface area contributed by atoms with E-state index in [1.807, 2.05) is 0 Å². The number of fused-ring (bicyclic) bond motifs is 4. The maximum atomic E-state index is 12.8. The van der Waals surface area contributed by atoms with Crippen molar-refractivity contribution in [2.45, 2.75) is 115 Å². The van der Waals surface area contributed by atoms with Crippen LogP contribution in [0, 0.1) is 0 Å². The number of hydrogen-bond acceptors (Lipinski definition) is 19. The smallest absolute Gasteiger partial charge is 0.724 e. The van der Waals surface area contributed by atoms with Gasteiger partial charge < -0.3 is 23.8 Å². The maximum Gasteiger partial charge on any atom is 1.00 e. The molecule has 61 heavy (non-hydrogen) atoms. The van der Waals surface area contributed by atoms with Crippen LogP contribution in [0.5, 0.6) is 0 Å². The van der Waals surface area contributed by atoms with Crippen LogP contribution in [0.1, 0.15) is 67.2 Å². The largest absolute Gasteiger partial charge is 1.00 e. The van der Waals surface area contributed by atoms with Gasteiger partial charge in [-0.2, -0.15) is 22.8 Å². The van der Waals surface area contributed by atoms with Gasteiger partial charge in [0.2, 0.25) is 10.4 Å². The van der Waals surface area contributed by atoms with Gasteiger partial charge in [-0.05, 0) is 67.2 Å². The first kappa shape index (κ1) is 50.2.